The molecule has 4 heteroatoms. The summed E-state index contributed by atoms with van der Waals surface area (Å²) >= 11 is 0. The lowest BCUT2D eigenvalue weighted by atomic mass is 10.2. The number of aryl methyl sites for hydroxylation is 1. The van der Waals surface area contributed by atoms with Crippen molar-refractivity contribution >= 4 is 11.6 Å². The Bertz CT molecular complexity index is 362. The van der Waals surface area contributed by atoms with E-state index < -0.39 is 0 Å². The molecule has 1 aromatic heterocycles. The largest absolute Gasteiger partial charge is 0.308 e. The van der Waals surface area contributed by atoms with E-state index in [0.717, 1.165) is 24.5 Å². The average molecular weight is 265 g/mol. The van der Waals surface area contributed by atoms with Gasteiger partial charge in [-0.2, -0.15) is 0 Å². The van der Waals surface area contributed by atoms with Gasteiger partial charge in [-0.3, -0.25) is 14.7 Å². The second kappa shape index (κ2) is 9.50. The van der Waals surface area contributed by atoms with E-state index in [2.05, 4.69) is 4.98 Å². The van der Waals surface area contributed by atoms with Crippen molar-refractivity contribution in [2.45, 2.75) is 34.6 Å². The Balaban J connectivity index is 0.000000741. The summed E-state index contributed by atoms with van der Waals surface area (Å²) in [6, 6.07) is 3.88. The molecule has 1 aromatic rings. The minimum atomic E-state index is 0.148. The molecule has 2 rings (SSSR count). The van der Waals surface area contributed by atoms with Crippen LogP contribution in [0.25, 0.3) is 0 Å². The van der Waals surface area contributed by atoms with Crippen molar-refractivity contribution in [1.29, 1.82) is 0 Å². The number of carbonyl (C=O) groups is 1. The molecule has 4 nitrogen and oxygen atoms in total. The molecule has 0 bridgehead atoms. The van der Waals surface area contributed by atoms with Crippen LogP contribution in [-0.2, 0) is 4.79 Å². The molecule has 0 radical (unpaired) electrons. The van der Waals surface area contributed by atoms with E-state index in [4.69, 9.17) is 0 Å². The van der Waals surface area contributed by atoms with Gasteiger partial charge in [0.1, 0.15) is 0 Å². The molecule has 0 aliphatic carbocycles. The third kappa shape index (κ3) is 5.39. The first-order chi connectivity index (χ1) is 9.16. The van der Waals surface area contributed by atoms with Gasteiger partial charge in [0.05, 0.1) is 18.4 Å². The molecule has 0 N–H and O–H groups in total. The van der Waals surface area contributed by atoms with Crippen LogP contribution >= 0.6 is 0 Å². The normalized spacial score (nSPS) is 15.1. The van der Waals surface area contributed by atoms with Crippen molar-refractivity contribution < 1.29 is 4.79 Å². The monoisotopic (exact) mass is 265 g/mol. The summed E-state index contributed by atoms with van der Waals surface area (Å²) in [4.78, 5) is 19.8. The Labute approximate surface area is 117 Å². The number of pyridine rings is 1. The highest BCUT2D eigenvalue weighted by atomic mass is 16.2. The molecule has 1 amide bonds. The molecule has 2 heterocycles. The highest BCUT2D eigenvalue weighted by molar-refractivity contribution is 5.95. The van der Waals surface area contributed by atoms with Crippen LogP contribution in [0.4, 0.5) is 5.69 Å². The zero-order valence-electron chi connectivity index (χ0n) is 13.1. The van der Waals surface area contributed by atoms with Gasteiger partial charge in [-0.15, -0.1) is 0 Å². The fraction of sp³-hybridized carbons (Fsp3) is 0.600. The molecular formula is C15H27N3O. The Morgan fingerprint density at radius 1 is 1.11 bits per heavy atom. The highest BCUT2D eigenvalue weighted by Crippen LogP contribution is 2.15. The average Bonchev–Trinajstić information content (AvgIpc) is 2.45. The van der Waals surface area contributed by atoms with E-state index in [-0.39, 0.29) is 5.91 Å². The summed E-state index contributed by atoms with van der Waals surface area (Å²) in [5.41, 5.74) is 1.87. The molecule has 19 heavy (non-hydrogen) atoms. The van der Waals surface area contributed by atoms with Crippen LogP contribution < -0.4 is 4.90 Å². The van der Waals surface area contributed by atoms with Gasteiger partial charge in [0.2, 0.25) is 5.91 Å². The zero-order chi connectivity index (χ0) is 14.8. The van der Waals surface area contributed by atoms with Crippen molar-refractivity contribution in [2.24, 2.45) is 0 Å². The van der Waals surface area contributed by atoms with E-state index in [1.165, 1.54) is 0 Å². The quantitative estimate of drug-likeness (QED) is 0.783. The Hall–Kier alpha value is -1.42. The topological polar surface area (TPSA) is 36.4 Å². The summed E-state index contributed by atoms with van der Waals surface area (Å²) in [7, 11) is 1.96. The number of aromatic nitrogens is 1. The number of carbonyl (C=O) groups excluding carboxylic acids is 1. The number of hydrogen-bond donors (Lipinski definition) is 0. The molecular weight excluding hydrogens is 238 g/mol. The van der Waals surface area contributed by atoms with Crippen molar-refractivity contribution in [3.05, 3.63) is 24.0 Å². The van der Waals surface area contributed by atoms with Crippen LogP contribution in [0.1, 0.15) is 33.4 Å². The Morgan fingerprint density at radius 3 is 2.21 bits per heavy atom. The molecule has 1 saturated heterocycles. The second-order valence-corrected chi connectivity index (χ2v) is 3.94. The molecule has 0 aromatic carbocycles. The molecule has 0 spiro atoms. The van der Waals surface area contributed by atoms with Crippen molar-refractivity contribution in [3.8, 4) is 0 Å². The van der Waals surface area contributed by atoms with Crippen molar-refractivity contribution in [2.75, 3.05) is 31.6 Å². The molecule has 108 valence electrons. The van der Waals surface area contributed by atoms with Crippen LogP contribution in [0.15, 0.2) is 18.3 Å². The maximum atomic E-state index is 11.7. The second-order valence-electron chi connectivity index (χ2n) is 3.94. The SMILES string of the molecule is CC.CC.Cc1ccc(N2CCN(C)CC2=O)cn1. The minimum absolute atomic E-state index is 0.148. The van der Waals surface area contributed by atoms with E-state index in [0.29, 0.717) is 6.54 Å². The molecule has 1 aliphatic rings. The number of rotatable bonds is 1. The smallest absolute Gasteiger partial charge is 0.241 e. The van der Waals surface area contributed by atoms with Crippen LogP contribution in [-0.4, -0.2) is 42.5 Å². The maximum absolute atomic E-state index is 11.7. The van der Waals surface area contributed by atoms with Gasteiger partial charge in [0, 0.05) is 18.8 Å². The third-order valence-corrected chi connectivity index (χ3v) is 2.62. The molecule has 1 aliphatic heterocycles. The van der Waals surface area contributed by atoms with Crippen LogP contribution in [0.2, 0.25) is 0 Å². The van der Waals surface area contributed by atoms with Crippen molar-refractivity contribution in [3.63, 3.8) is 0 Å². The van der Waals surface area contributed by atoms with E-state index in [1.54, 1.807) is 11.1 Å². The van der Waals surface area contributed by atoms with Gasteiger partial charge in [0.15, 0.2) is 0 Å². The number of anilines is 1. The van der Waals surface area contributed by atoms with E-state index in [9.17, 15) is 4.79 Å². The van der Waals surface area contributed by atoms with Gasteiger partial charge in [-0.25, -0.2) is 0 Å². The fourth-order valence-electron chi connectivity index (χ4n) is 1.68. The predicted octanol–water partition coefficient (Wildman–Crippen LogP) is 2.72. The van der Waals surface area contributed by atoms with Crippen LogP contribution in [0, 0.1) is 6.92 Å². The van der Waals surface area contributed by atoms with E-state index in [1.807, 2.05) is 58.7 Å². The number of hydrogen-bond acceptors (Lipinski definition) is 3. The van der Waals surface area contributed by atoms with Crippen LogP contribution in [0.5, 0.6) is 0 Å². The van der Waals surface area contributed by atoms with Gasteiger partial charge in [-0.1, -0.05) is 27.7 Å². The van der Waals surface area contributed by atoms with Crippen LogP contribution in [0.3, 0.4) is 0 Å². The summed E-state index contributed by atoms with van der Waals surface area (Å²) in [5.74, 6) is 0.148. The number of nitrogens with zero attached hydrogens (tertiary/aromatic N) is 3. The van der Waals surface area contributed by atoms with Crippen molar-refractivity contribution in [1.82, 2.24) is 9.88 Å². The summed E-state index contributed by atoms with van der Waals surface area (Å²) < 4.78 is 0. The standard InChI is InChI=1S/C11H15N3O.2C2H6/c1-9-3-4-10(7-12-9)14-6-5-13(2)8-11(14)15;2*1-2/h3-4,7H,5-6,8H2,1-2H3;2*1-2H3. The predicted molar refractivity (Wildman–Crippen MR) is 81.5 cm³/mol. The fourth-order valence-corrected chi connectivity index (χ4v) is 1.68. The molecule has 0 unspecified atom stereocenters. The lowest BCUT2D eigenvalue weighted by molar-refractivity contribution is -0.120. The first-order valence-electron chi connectivity index (χ1n) is 7.08. The Morgan fingerprint density at radius 2 is 1.74 bits per heavy atom. The Kier molecular flexibility index (Phi) is 8.79. The summed E-state index contributed by atoms with van der Waals surface area (Å²) in [6.07, 6.45) is 1.76. The first-order valence-corrected chi connectivity index (χ1v) is 7.08. The first kappa shape index (κ1) is 17.6. The van der Waals surface area contributed by atoms with E-state index >= 15 is 0 Å². The number of amides is 1. The molecule has 0 saturated carbocycles. The minimum Gasteiger partial charge on any atom is -0.308 e. The highest BCUT2D eigenvalue weighted by Gasteiger charge is 2.22. The third-order valence-electron chi connectivity index (χ3n) is 2.62. The lowest BCUT2D eigenvalue weighted by Crippen LogP contribution is -2.48. The molecule has 1 fully saturated rings. The van der Waals surface area contributed by atoms with Gasteiger partial charge < -0.3 is 4.90 Å². The number of likely N-dealkylation sites (N-methyl/N-ethyl adjacent to an activating group) is 1. The lowest BCUT2D eigenvalue weighted by Gasteiger charge is -2.31. The number of piperazine rings is 1. The molecule has 0 atom stereocenters. The van der Waals surface area contributed by atoms with Gasteiger partial charge >= 0.3 is 0 Å². The summed E-state index contributed by atoms with van der Waals surface area (Å²) in [5, 5.41) is 0. The zero-order valence-corrected chi connectivity index (χ0v) is 13.1. The van der Waals surface area contributed by atoms with Gasteiger partial charge in [-0.05, 0) is 26.1 Å². The van der Waals surface area contributed by atoms with Gasteiger partial charge in [0.25, 0.3) is 0 Å². The maximum Gasteiger partial charge on any atom is 0.241 e. The summed E-state index contributed by atoms with van der Waals surface area (Å²) in [6.45, 7) is 12.1.